The number of carbonyl (C=O) groups is 2. The molecular formula is C9H11ClN2O2. The first-order valence-electron chi connectivity index (χ1n) is 3.88. The van der Waals surface area contributed by atoms with E-state index in [1.807, 2.05) is 0 Å². The lowest BCUT2D eigenvalue weighted by molar-refractivity contribution is -0.684. The van der Waals surface area contributed by atoms with Crippen molar-refractivity contribution in [2.75, 3.05) is 0 Å². The number of halogens is 1. The maximum absolute atomic E-state index is 10.8. The molecule has 1 heterocycles. The van der Waals surface area contributed by atoms with E-state index in [0.717, 1.165) is 0 Å². The number of rotatable bonds is 3. The molecule has 14 heavy (non-hydrogen) atoms. The molecule has 2 N–H and O–H groups in total. The molecule has 0 atom stereocenters. The molecule has 0 saturated carbocycles. The summed E-state index contributed by atoms with van der Waals surface area (Å²) in [6, 6.07) is 3.29. The Bertz CT molecular complexity index is 352. The normalized spacial score (nSPS) is 8.93. The van der Waals surface area contributed by atoms with Crippen LogP contribution in [0.5, 0.6) is 0 Å². The van der Waals surface area contributed by atoms with Crippen molar-refractivity contribution in [2.24, 2.45) is 5.73 Å². The molecule has 1 aromatic heterocycles. The van der Waals surface area contributed by atoms with Crippen molar-refractivity contribution in [3.8, 4) is 0 Å². The van der Waals surface area contributed by atoms with Gasteiger partial charge in [0.25, 0.3) is 5.91 Å². The third kappa shape index (κ3) is 3.53. The van der Waals surface area contributed by atoms with Gasteiger partial charge in [-0.3, -0.25) is 9.59 Å². The van der Waals surface area contributed by atoms with Crippen molar-refractivity contribution >= 4 is 11.7 Å². The average Bonchev–Trinajstić information content (AvgIpc) is 2.03. The highest BCUT2D eigenvalue weighted by Gasteiger charge is 2.08. The molecule has 1 aromatic rings. The maximum atomic E-state index is 10.8. The number of Topliss-reactive ketones (excluding diaryl/α,β-unsaturated/α-hetero) is 1. The molecule has 0 aliphatic carbocycles. The van der Waals surface area contributed by atoms with Gasteiger partial charge in [0.05, 0.1) is 0 Å². The zero-order valence-electron chi connectivity index (χ0n) is 7.74. The van der Waals surface area contributed by atoms with Gasteiger partial charge < -0.3 is 18.1 Å². The topological polar surface area (TPSA) is 64.0 Å². The Hall–Kier alpha value is -1.42. The van der Waals surface area contributed by atoms with Gasteiger partial charge in [0.1, 0.15) is 5.56 Å². The van der Waals surface area contributed by atoms with Gasteiger partial charge in [0.2, 0.25) is 6.54 Å². The number of nitrogens with zero attached hydrogens (tertiary/aromatic N) is 1. The standard InChI is InChI=1S/C9H10N2O2.ClH/c1-7(12)5-11-4-2-3-8(6-11)9(10)13;/h2-4,6H,5H2,1H3,(H-,10,13);1H. The van der Waals surface area contributed by atoms with Gasteiger partial charge in [-0.05, 0) is 6.07 Å². The Morgan fingerprint density at radius 3 is 2.64 bits per heavy atom. The molecular weight excluding hydrogens is 204 g/mol. The van der Waals surface area contributed by atoms with Crippen molar-refractivity contribution < 1.29 is 26.6 Å². The fraction of sp³-hybridized carbons (Fsp3) is 0.222. The van der Waals surface area contributed by atoms with Crippen molar-refractivity contribution in [1.82, 2.24) is 0 Å². The van der Waals surface area contributed by atoms with Crippen LogP contribution in [0.3, 0.4) is 0 Å². The monoisotopic (exact) mass is 214 g/mol. The predicted molar refractivity (Wildman–Crippen MR) is 45.8 cm³/mol. The second-order valence-corrected chi connectivity index (χ2v) is 2.83. The van der Waals surface area contributed by atoms with Crippen molar-refractivity contribution in [3.63, 3.8) is 0 Å². The lowest BCUT2D eigenvalue weighted by atomic mass is 10.2. The quantitative estimate of drug-likeness (QED) is 0.535. The molecule has 76 valence electrons. The fourth-order valence-corrected chi connectivity index (χ4v) is 1.02. The zero-order valence-corrected chi connectivity index (χ0v) is 8.49. The summed E-state index contributed by atoms with van der Waals surface area (Å²) in [4.78, 5) is 21.5. The van der Waals surface area contributed by atoms with Crippen LogP contribution in [0.2, 0.25) is 0 Å². The van der Waals surface area contributed by atoms with Gasteiger partial charge >= 0.3 is 0 Å². The molecule has 0 aliphatic rings. The number of amides is 1. The van der Waals surface area contributed by atoms with Crippen molar-refractivity contribution in [3.05, 3.63) is 30.1 Å². The molecule has 0 radical (unpaired) electrons. The summed E-state index contributed by atoms with van der Waals surface area (Å²) >= 11 is 0. The molecule has 1 rings (SSSR count). The first kappa shape index (κ1) is 12.6. The molecule has 4 nitrogen and oxygen atoms in total. The van der Waals surface area contributed by atoms with Gasteiger partial charge in [-0.15, -0.1) is 0 Å². The molecule has 0 saturated heterocycles. The third-order valence-corrected chi connectivity index (χ3v) is 1.55. The SMILES string of the molecule is CC(=O)C[n+]1cccc(C(N)=O)c1.[Cl-]. The van der Waals surface area contributed by atoms with Crippen LogP contribution in [0.15, 0.2) is 24.5 Å². The largest absolute Gasteiger partial charge is 1.00 e. The molecule has 0 aliphatic heterocycles. The maximum Gasteiger partial charge on any atom is 0.254 e. The highest BCUT2D eigenvalue weighted by molar-refractivity contribution is 5.92. The van der Waals surface area contributed by atoms with E-state index < -0.39 is 5.91 Å². The first-order chi connectivity index (χ1) is 6.09. The number of aromatic nitrogens is 1. The van der Waals surface area contributed by atoms with Gasteiger partial charge in [-0.1, -0.05) is 0 Å². The van der Waals surface area contributed by atoms with Gasteiger partial charge in [0, 0.05) is 13.0 Å². The number of hydrogen-bond donors (Lipinski definition) is 1. The highest BCUT2D eigenvalue weighted by Crippen LogP contribution is 1.91. The van der Waals surface area contributed by atoms with Gasteiger partial charge in [-0.2, -0.15) is 4.57 Å². The van der Waals surface area contributed by atoms with Crippen LogP contribution in [0.25, 0.3) is 0 Å². The average molecular weight is 215 g/mol. The fourth-order valence-electron chi connectivity index (χ4n) is 1.02. The predicted octanol–water partition coefficient (Wildman–Crippen LogP) is -3.33. The Balaban J connectivity index is 0.00000169. The van der Waals surface area contributed by atoms with Crippen LogP contribution < -0.4 is 22.7 Å². The summed E-state index contributed by atoms with van der Waals surface area (Å²) < 4.78 is 1.63. The molecule has 0 fully saturated rings. The van der Waals surface area contributed by atoms with Crippen LogP contribution in [0, 0.1) is 0 Å². The summed E-state index contributed by atoms with van der Waals surface area (Å²) in [5.41, 5.74) is 5.48. The summed E-state index contributed by atoms with van der Waals surface area (Å²) in [5.74, 6) is -0.454. The Morgan fingerprint density at radius 2 is 2.14 bits per heavy atom. The summed E-state index contributed by atoms with van der Waals surface area (Å²) in [6.45, 7) is 1.76. The van der Waals surface area contributed by atoms with Crippen LogP contribution >= 0.6 is 0 Å². The molecule has 0 spiro atoms. The number of pyridine rings is 1. The Kier molecular flexibility index (Phi) is 4.80. The van der Waals surface area contributed by atoms with Crippen LogP contribution in [0.4, 0.5) is 0 Å². The molecule has 0 aromatic carbocycles. The number of nitrogens with two attached hydrogens (primary N) is 1. The van der Waals surface area contributed by atoms with Gasteiger partial charge in [0.15, 0.2) is 18.2 Å². The number of carbonyl (C=O) groups excluding carboxylic acids is 2. The van der Waals surface area contributed by atoms with E-state index in [9.17, 15) is 9.59 Å². The van der Waals surface area contributed by atoms with Gasteiger partial charge in [-0.25, -0.2) is 0 Å². The minimum atomic E-state index is -0.488. The summed E-state index contributed by atoms with van der Waals surface area (Å²) in [7, 11) is 0. The minimum absolute atomic E-state index is 0. The van der Waals surface area contributed by atoms with Crippen LogP contribution in [0.1, 0.15) is 17.3 Å². The van der Waals surface area contributed by atoms with Crippen molar-refractivity contribution in [1.29, 1.82) is 0 Å². The van der Waals surface area contributed by atoms with E-state index in [1.54, 1.807) is 29.1 Å². The van der Waals surface area contributed by atoms with Crippen LogP contribution in [-0.2, 0) is 11.3 Å². The lowest BCUT2D eigenvalue weighted by Gasteiger charge is -1.94. The molecule has 0 unspecified atom stereocenters. The zero-order chi connectivity index (χ0) is 9.84. The number of hydrogen-bond acceptors (Lipinski definition) is 2. The van der Waals surface area contributed by atoms with E-state index in [1.165, 1.54) is 6.92 Å². The van der Waals surface area contributed by atoms with E-state index >= 15 is 0 Å². The molecule has 0 bridgehead atoms. The first-order valence-corrected chi connectivity index (χ1v) is 3.88. The smallest absolute Gasteiger partial charge is 0.254 e. The Morgan fingerprint density at radius 1 is 1.50 bits per heavy atom. The number of primary amides is 1. The second-order valence-electron chi connectivity index (χ2n) is 2.83. The van der Waals surface area contributed by atoms with E-state index in [4.69, 9.17) is 5.73 Å². The lowest BCUT2D eigenvalue weighted by Crippen LogP contribution is -3.00. The Labute approximate surface area is 88.1 Å². The number of ketones is 1. The minimum Gasteiger partial charge on any atom is -1.00 e. The third-order valence-electron chi connectivity index (χ3n) is 1.55. The summed E-state index contributed by atoms with van der Waals surface area (Å²) in [6.07, 6.45) is 3.28. The van der Waals surface area contributed by atoms with Crippen LogP contribution in [-0.4, -0.2) is 11.7 Å². The molecule has 5 heteroatoms. The second kappa shape index (κ2) is 5.34. The summed E-state index contributed by atoms with van der Waals surface area (Å²) in [5, 5.41) is 0. The van der Waals surface area contributed by atoms with E-state index in [-0.39, 0.29) is 24.7 Å². The van der Waals surface area contributed by atoms with E-state index in [0.29, 0.717) is 5.56 Å². The highest BCUT2D eigenvalue weighted by atomic mass is 35.5. The molecule has 1 amide bonds. The van der Waals surface area contributed by atoms with Crippen molar-refractivity contribution in [2.45, 2.75) is 13.5 Å². The van der Waals surface area contributed by atoms with E-state index in [2.05, 4.69) is 0 Å².